The number of esters is 3. The molecule has 0 fully saturated rings. The van der Waals surface area contributed by atoms with Crippen molar-refractivity contribution in [3.05, 3.63) is 85.1 Å². The molecule has 0 amide bonds. The van der Waals surface area contributed by atoms with E-state index in [2.05, 4.69) is 106 Å². The summed E-state index contributed by atoms with van der Waals surface area (Å²) in [6.45, 7) is 6.49. The summed E-state index contributed by atoms with van der Waals surface area (Å²) in [6, 6.07) is 0. The van der Waals surface area contributed by atoms with Gasteiger partial charge in [-0.25, -0.2) is 0 Å². The number of allylic oxidation sites excluding steroid dienone is 14. The van der Waals surface area contributed by atoms with E-state index in [1.165, 1.54) is 199 Å². The Balaban J connectivity index is 4.34. The van der Waals surface area contributed by atoms with Crippen LogP contribution in [0.25, 0.3) is 0 Å². The van der Waals surface area contributed by atoms with Crippen LogP contribution >= 0.6 is 0 Å². The second-order valence-electron chi connectivity index (χ2n) is 22.4. The maximum Gasteiger partial charge on any atom is 0.306 e. The third kappa shape index (κ3) is 63.4. The Bertz CT molecular complexity index is 1480. The number of carbonyl (C=O) groups excluding carboxylic acids is 3. The molecule has 0 aliphatic heterocycles. The molecule has 0 saturated heterocycles. The minimum atomic E-state index is -0.810. The Hall–Kier alpha value is -3.41. The molecule has 0 bridgehead atoms. The Morgan fingerprint density at radius 1 is 0.269 bits per heavy atom. The Labute approximate surface area is 484 Å². The van der Waals surface area contributed by atoms with Crippen LogP contribution in [-0.2, 0) is 28.6 Å². The summed E-state index contributed by atoms with van der Waals surface area (Å²) < 4.78 is 16.9. The first-order chi connectivity index (χ1) is 38.5. The molecule has 1 unspecified atom stereocenters. The van der Waals surface area contributed by atoms with Crippen LogP contribution in [0.3, 0.4) is 0 Å². The van der Waals surface area contributed by atoms with Crippen LogP contribution in [0.5, 0.6) is 0 Å². The molecule has 6 heteroatoms. The maximum atomic E-state index is 12.9. The van der Waals surface area contributed by atoms with Crippen LogP contribution < -0.4 is 0 Å². The Morgan fingerprint density at radius 2 is 0.513 bits per heavy atom. The zero-order valence-corrected chi connectivity index (χ0v) is 51.7. The molecule has 6 nitrogen and oxygen atoms in total. The average Bonchev–Trinajstić information content (AvgIpc) is 3.44. The molecule has 0 aromatic heterocycles. The van der Waals surface area contributed by atoms with Gasteiger partial charge >= 0.3 is 17.9 Å². The van der Waals surface area contributed by atoms with E-state index < -0.39 is 6.10 Å². The van der Waals surface area contributed by atoms with E-state index in [0.717, 1.165) is 89.9 Å². The molecule has 78 heavy (non-hydrogen) atoms. The van der Waals surface area contributed by atoms with Crippen LogP contribution in [0, 0.1) is 0 Å². The summed E-state index contributed by atoms with van der Waals surface area (Å²) in [6.07, 6.45) is 87.6. The second kappa shape index (κ2) is 66.1. The lowest BCUT2D eigenvalue weighted by atomic mass is 10.0. The zero-order chi connectivity index (χ0) is 56.4. The molecule has 0 aliphatic carbocycles. The topological polar surface area (TPSA) is 78.9 Å². The van der Waals surface area contributed by atoms with E-state index in [-0.39, 0.29) is 37.5 Å². The summed E-state index contributed by atoms with van der Waals surface area (Å²) in [7, 11) is 0. The van der Waals surface area contributed by atoms with Crippen molar-refractivity contribution < 1.29 is 28.6 Å². The van der Waals surface area contributed by atoms with Gasteiger partial charge in [-0.1, -0.05) is 311 Å². The van der Waals surface area contributed by atoms with E-state index in [4.69, 9.17) is 14.2 Å². The smallest absolute Gasteiger partial charge is 0.306 e. The highest BCUT2D eigenvalue weighted by atomic mass is 16.6. The van der Waals surface area contributed by atoms with Crippen molar-refractivity contribution in [1.29, 1.82) is 0 Å². The van der Waals surface area contributed by atoms with Gasteiger partial charge in [0.05, 0.1) is 0 Å². The first-order valence-electron chi connectivity index (χ1n) is 33.6. The minimum Gasteiger partial charge on any atom is -0.462 e. The van der Waals surface area contributed by atoms with Crippen molar-refractivity contribution in [2.75, 3.05) is 13.2 Å². The Morgan fingerprint density at radius 3 is 0.846 bits per heavy atom. The van der Waals surface area contributed by atoms with Crippen molar-refractivity contribution in [1.82, 2.24) is 0 Å². The monoisotopic (exact) mass is 1090 g/mol. The van der Waals surface area contributed by atoms with Crippen molar-refractivity contribution in [3.63, 3.8) is 0 Å². The third-order valence-electron chi connectivity index (χ3n) is 14.6. The van der Waals surface area contributed by atoms with Gasteiger partial charge in [0, 0.05) is 19.3 Å². The van der Waals surface area contributed by atoms with Gasteiger partial charge in [0.2, 0.25) is 0 Å². The highest BCUT2D eigenvalue weighted by molar-refractivity contribution is 5.71. The van der Waals surface area contributed by atoms with Crippen molar-refractivity contribution in [2.45, 2.75) is 341 Å². The van der Waals surface area contributed by atoms with E-state index >= 15 is 0 Å². The normalized spacial score (nSPS) is 12.6. The number of carbonyl (C=O) groups is 3. The quantitative estimate of drug-likeness (QED) is 0.0261. The van der Waals surface area contributed by atoms with Gasteiger partial charge in [-0.2, -0.15) is 0 Å². The lowest BCUT2D eigenvalue weighted by molar-refractivity contribution is -0.167. The molecular formula is C72H126O6. The number of unbranched alkanes of at least 4 members (excludes halogenated alkanes) is 36. The zero-order valence-electron chi connectivity index (χ0n) is 51.7. The predicted octanol–water partition coefficient (Wildman–Crippen LogP) is 23.1. The molecular weight excluding hydrogens is 961 g/mol. The van der Waals surface area contributed by atoms with E-state index in [0.29, 0.717) is 19.3 Å². The highest BCUT2D eigenvalue weighted by Crippen LogP contribution is 2.17. The molecule has 0 radical (unpaired) electrons. The summed E-state index contributed by atoms with van der Waals surface area (Å²) in [5.41, 5.74) is 0. The molecule has 450 valence electrons. The lowest BCUT2D eigenvalue weighted by Crippen LogP contribution is -2.30. The fourth-order valence-corrected chi connectivity index (χ4v) is 9.63. The van der Waals surface area contributed by atoms with Gasteiger partial charge in [0.15, 0.2) is 6.10 Å². The van der Waals surface area contributed by atoms with Crippen LogP contribution in [0.4, 0.5) is 0 Å². The van der Waals surface area contributed by atoms with Gasteiger partial charge in [-0.05, 0) is 89.9 Å². The standard InChI is InChI=1S/C72H126O6/c1-4-7-10-13-16-19-22-25-28-31-32-33-34-35-36-37-38-39-42-44-47-50-53-56-59-62-65-71(74)77-68-69(78-72(75)66-63-60-57-54-51-48-45-41-30-27-24-21-18-15-12-9-6-3)67-76-70(73)64-61-58-55-52-49-46-43-40-29-26-23-20-17-14-11-8-5-2/h9,12,17-18,20-21,26-27,29-30,45,48,54,57,69H,4-8,10-11,13-16,19,22-25,28,31-44,46-47,49-53,55-56,58-68H2,1-3H3/b12-9-,20-17-,21-18-,29-26-,30-27-,48-45-,57-54-. The van der Waals surface area contributed by atoms with Gasteiger partial charge in [0.1, 0.15) is 13.2 Å². The number of rotatable bonds is 61. The third-order valence-corrected chi connectivity index (χ3v) is 14.6. The SMILES string of the molecule is CC/C=C\C/C=C\C/C=C\C/C=C\C/C=C\CCCC(=O)OC(COC(=O)CCCCCCCCC/C=C\C/C=C\CCCCC)COC(=O)CCCCCCCCCCCCCCCCCCCCCCCCCCCC. The summed E-state index contributed by atoms with van der Waals surface area (Å²) in [4.78, 5) is 38.3. The van der Waals surface area contributed by atoms with Crippen LogP contribution in [-0.4, -0.2) is 37.2 Å². The summed E-state index contributed by atoms with van der Waals surface area (Å²) >= 11 is 0. The first-order valence-corrected chi connectivity index (χ1v) is 33.6. The second-order valence-corrected chi connectivity index (χ2v) is 22.4. The van der Waals surface area contributed by atoms with Crippen molar-refractivity contribution in [2.24, 2.45) is 0 Å². The molecule has 0 heterocycles. The van der Waals surface area contributed by atoms with E-state index in [9.17, 15) is 14.4 Å². The van der Waals surface area contributed by atoms with Gasteiger partial charge in [-0.3, -0.25) is 14.4 Å². The average molecular weight is 1090 g/mol. The van der Waals surface area contributed by atoms with E-state index in [1.54, 1.807) is 0 Å². The molecule has 0 saturated carbocycles. The first kappa shape index (κ1) is 74.6. The summed E-state index contributed by atoms with van der Waals surface area (Å²) in [5.74, 6) is -0.951. The van der Waals surface area contributed by atoms with Crippen LogP contribution in [0.1, 0.15) is 335 Å². The van der Waals surface area contributed by atoms with Crippen LogP contribution in [0.15, 0.2) is 85.1 Å². The van der Waals surface area contributed by atoms with Gasteiger partial charge in [0.25, 0.3) is 0 Å². The molecule has 0 aliphatic rings. The largest absolute Gasteiger partial charge is 0.462 e. The molecule has 0 rings (SSSR count). The Kier molecular flexibility index (Phi) is 63.2. The van der Waals surface area contributed by atoms with Crippen molar-refractivity contribution >= 4 is 17.9 Å². The molecule has 0 aromatic carbocycles. The maximum absolute atomic E-state index is 12.9. The highest BCUT2D eigenvalue weighted by Gasteiger charge is 2.19. The molecule has 0 N–H and O–H groups in total. The van der Waals surface area contributed by atoms with E-state index in [1.807, 2.05) is 0 Å². The minimum absolute atomic E-state index is 0.0991. The fourth-order valence-electron chi connectivity index (χ4n) is 9.63. The molecule has 0 aromatic rings. The number of ether oxygens (including phenoxy) is 3. The predicted molar refractivity (Wildman–Crippen MR) is 339 cm³/mol. The van der Waals surface area contributed by atoms with Gasteiger partial charge in [-0.15, -0.1) is 0 Å². The van der Waals surface area contributed by atoms with Crippen LogP contribution in [0.2, 0.25) is 0 Å². The number of hydrogen-bond acceptors (Lipinski definition) is 6. The fraction of sp³-hybridized carbons (Fsp3) is 0.764. The number of hydrogen-bond donors (Lipinski definition) is 0. The lowest BCUT2D eigenvalue weighted by Gasteiger charge is -2.18. The molecule has 0 spiro atoms. The van der Waals surface area contributed by atoms with Gasteiger partial charge < -0.3 is 14.2 Å². The summed E-state index contributed by atoms with van der Waals surface area (Å²) in [5, 5.41) is 0. The van der Waals surface area contributed by atoms with Crippen molar-refractivity contribution in [3.8, 4) is 0 Å². The molecule has 1 atom stereocenters.